The fraction of sp³-hybridized carbons (Fsp3) is 0.846. The Morgan fingerprint density at radius 2 is 1.94 bits per heavy atom. The molecular weight excluding hydrogens is 212 g/mol. The van der Waals surface area contributed by atoms with E-state index in [9.17, 15) is 0 Å². The molecule has 0 aromatic carbocycles. The molecule has 0 aliphatic heterocycles. The highest BCUT2D eigenvalue weighted by molar-refractivity contribution is 5.04. The van der Waals surface area contributed by atoms with Crippen molar-refractivity contribution in [1.82, 2.24) is 14.8 Å². The normalized spacial score (nSPS) is 27.1. The molecule has 0 radical (unpaired) electrons. The maximum atomic E-state index is 5.96. The molecule has 1 unspecified atom stereocenters. The van der Waals surface area contributed by atoms with Crippen molar-refractivity contribution in [2.45, 2.75) is 70.9 Å². The van der Waals surface area contributed by atoms with Crippen molar-refractivity contribution in [3.8, 4) is 0 Å². The predicted octanol–water partition coefficient (Wildman–Crippen LogP) is 2.54. The summed E-state index contributed by atoms with van der Waals surface area (Å²) in [5.41, 5.74) is 5.96. The first kappa shape index (κ1) is 12.6. The highest BCUT2D eigenvalue weighted by Gasteiger charge is 2.26. The van der Waals surface area contributed by atoms with Crippen LogP contribution < -0.4 is 5.73 Å². The first-order valence-corrected chi connectivity index (χ1v) is 6.80. The second-order valence-corrected chi connectivity index (χ2v) is 5.34. The van der Waals surface area contributed by atoms with E-state index < -0.39 is 0 Å². The van der Waals surface area contributed by atoms with Gasteiger partial charge in [-0.3, -0.25) is 0 Å². The van der Waals surface area contributed by atoms with E-state index in [4.69, 9.17) is 5.73 Å². The van der Waals surface area contributed by atoms with Crippen LogP contribution in [0.25, 0.3) is 0 Å². The molecule has 1 heterocycles. The van der Waals surface area contributed by atoms with E-state index in [1.807, 2.05) is 0 Å². The lowest BCUT2D eigenvalue weighted by molar-refractivity contribution is 0.364. The van der Waals surface area contributed by atoms with Crippen molar-refractivity contribution in [2.24, 2.45) is 5.73 Å². The predicted molar refractivity (Wildman–Crippen MR) is 68.9 cm³/mol. The van der Waals surface area contributed by atoms with Gasteiger partial charge in [0.2, 0.25) is 0 Å². The van der Waals surface area contributed by atoms with Crippen LogP contribution >= 0.6 is 0 Å². The van der Waals surface area contributed by atoms with Crippen LogP contribution in [0.3, 0.4) is 0 Å². The first-order valence-electron chi connectivity index (χ1n) is 6.80. The van der Waals surface area contributed by atoms with Crippen LogP contribution in [0.4, 0.5) is 0 Å². The van der Waals surface area contributed by atoms with Gasteiger partial charge in [-0.05, 0) is 46.0 Å². The summed E-state index contributed by atoms with van der Waals surface area (Å²) in [7, 11) is 0. The smallest absolute Gasteiger partial charge is 0.136 e. The third-order valence-corrected chi connectivity index (χ3v) is 4.06. The lowest BCUT2D eigenvalue weighted by Gasteiger charge is -2.27. The summed E-state index contributed by atoms with van der Waals surface area (Å²) in [6.45, 7) is 6.51. The van der Waals surface area contributed by atoms with E-state index in [1.54, 1.807) is 0 Å². The molecule has 1 aromatic rings. The third kappa shape index (κ3) is 2.51. The summed E-state index contributed by atoms with van der Waals surface area (Å²) >= 11 is 0. The highest BCUT2D eigenvalue weighted by Crippen LogP contribution is 2.33. The molecule has 1 aliphatic rings. The molecule has 1 atom stereocenters. The van der Waals surface area contributed by atoms with Gasteiger partial charge in [0.1, 0.15) is 11.6 Å². The van der Waals surface area contributed by atoms with Crippen molar-refractivity contribution < 1.29 is 0 Å². The minimum Gasteiger partial charge on any atom is -0.328 e. The van der Waals surface area contributed by atoms with Crippen molar-refractivity contribution in [3.05, 3.63) is 11.6 Å². The van der Waals surface area contributed by atoms with Crippen LogP contribution in [0, 0.1) is 6.92 Å². The SMILES string of the molecule is CCC(C)n1c(C)nnc1C1CCC(N)CC1. The summed E-state index contributed by atoms with van der Waals surface area (Å²) in [5, 5.41) is 8.67. The minimum absolute atomic E-state index is 0.396. The molecule has 2 rings (SSSR count). The lowest BCUT2D eigenvalue weighted by Crippen LogP contribution is -2.27. The maximum Gasteiger partial charge on any atom is 0.136 e. The summed E-state index contributed by atoms with van der Waals surface area (Å²) in [6, 6.07) is 0.892. The van der Waals surface area contributed by atoms with Crippen molar-refractivity contribution in [1.29, 1.82) is 0 Å². The zero-order valence-corrected chi connectivity index (χ0v) is 11.2. The molecule has 0 bridgehead atoms. The van der Waals surface area contributed by atoms with Gasteiger partial charge in [-0.15, -0.1) is 10.2 Å². The molecule has 1 aliphatic carbocycles. The molecule has 0 saturated heterocycles. The Morgan fingerprint density at radius 3 is 2.53 bits per heavy atom. The highest BCUT2D eigenvalue weighted by atomic mass is 15.3. The lowest BCUT2D eigenvalue weighted by atomic mass is 9.86. The van der Waals surface area contributed by atoms with Crippen LogP contribution in [-0.4, -0.2) is 20.8 Å². The molecule has 4 heteroatoms. The van der Waals surface area contributed by atoms with Crippen LogP contribution in [0.15, 0.2) is 0 Å². The zero-order valence-electron chi connectivity index (χ0n) is 11.2. The summed E-state index contributed by atoms with van der Waals surface area (Å²) < 4.78 is 2.32. The average molecular weight is 236 g/mol. The molecule has 0 amide bonds. The van der Waals surface area contributed by atoms with Crippen molar-refractivity contribution in [2.75, 3.05) is 0 Å². The molecule has 1 fully saturated rings. The van der Waals surface area contributed by atoms with Gasteiger partial charge in [-0.1, -0.05) is 6.92 Å². The molecule has 96 valence electrons. The summed E-state index contributed by atoms with van der Waals surface area (Å²) in [4.78, 5) is 0. The topological polar surface area (TPSA) is 56.7 Å². The Balaban J connectivity index is 2.20. The number of hydrogen-bond donors (Lipinski definition) is 1. The molecular formula is C13H24N4. The molecule has 0 spiro atoms. The Hall–Kier alpha value is -0.900. The second-order valence-electron chi connectivity index (χ2n) is 5.34. The Bertz CT molecular complexity index is 363. The van der Waals surface area contributed by atoms with Crippen LogP contribution in [0.5, 0.6) is 0 Å². The van der Waals surface area contributed by atoms with Crippen molar-refractivity contribution in [3.63, 3.8) is 0 Å². The second kappa shape index (κ2) is 5.17. The maximum absolute atomic E-state index is 5.96. The summed E-state index contributed by atoms with van der Waals surface area (Å²) in [5.74, 6) is 2.79. The zero-order chi connectivity index (χ0) is 12.4. The van der Waals surface area contributed by atoms with Gasteiger partial charge in [0.25, 0.3) is 0 Å². The minimum atomic E-state index is 0.396. The van der Waals surface area contributed by atoms with Gasteiger partial charge < -0.3 is 10.3 Å². The van der Waals surface area contributed by atoms with Crippen LogP contribution in [0.1, 0.15) is 69.6 Å². The largest absolute Gasteiger partial charge is 0.328 e. The van der Waals surface area contributed by atoms with Gasteiger partial charge in [0.05, 0.1) is 0 Å². The van der Waals surface area contributed by atoms with E-state index in [0.29, 0.717) is 18.0 Å². The Labute approximate surface area is 104 Å². The number of hydrogen-bond acceptors (Lipinski definition) is 3. The summed E-state index contributed by atoms with van der Waals surface area (Å²) in [6.07, 6.45) is 5.69. The van der Waals surface area contributed by atoms with Gasteiger partial charge in [-0.2, -0.15) is 0 Å². The van der Waals surface area contributed by atoms with Gasteiger partial charge in [0, 0.05) is 18.0 Å². The number of nitrogens with two attached hydrogens (primary N) is 1. The number of nitrogens with zero attached hydrogens (tertiary/aromatic N) is 3. The molecule has 1 aromatic heterocycles. The van der Waals surface area contributed by atoms with Gasteiger partial charge in [0.15, 0.2) is 0 Å². The number of aryl methyl sites for hydroxylation is 1. The fourth-order valence-electron chi connectivity index (χ4n) is 2.77. The molecule has 4 nitrogen and oxygen atoms in total. The van der Waals surface area contributed by atoms with E-state index in [1.165, 1.54) is 5.82 Å². The average Bonchev–Trinajstić information content (AvgIpc) is 2.71. The van der Waals surface area contributed by atoms with Crippen LogP contribution in [0.2, 0.25) is 0 Å². The van der Waals surface area contributed by atoms with E-state index >= 15 is 0 Å². The van der Waals surface area contributed by atoms with Crippen LogP contribution in [-0.2, 0) is 0 Å². The molecule has 2 N–H and O–H groups in total. The standard InChI is InChI=1S/C13H24N4/c1-4-9(2)17-10(3)15-16-13(17)11-5-7-12(14)8-6-11/h9,11-12H,4-8,14H2,1-3H3. The Kier molecular flexibility index (Phi) is 3.82. The molecule has 17 heavy (non-hydrogen) atoms. The monoisotopic (exact) mass is 236 g/mol. The molecule has 1 saturated carbocycles. The number of rotatable bonds is 3. The fourth-order valence-corrected chi connectivity index (χ4v) is 2.77. The van der Waals surface area contributed by atoms with E-state index in [0.717, 1.165) is 37.9 Å². The Morgan fingerprint density at radius 1 is 1.29 bits per heavy atom. The van der Waals surface area contributed by atoms with Crippen molar-refractivity contribution >= 4 is 0 Å². The quantitative estimate of drug-likeness (QED) is 0.877. The van der Waals surface area contributed by atoms with E-state index in [-0.39, 0.29) is 0 Å². The van der Waals surface area contributed by atoms with E-state index in [2.05, 4.69) is 35.5 Å². The number of aromatic nitrogens is 3. The van der Waals surface area contributed by atoms with Gasteiger partial charge >= 0.3 is 0 Å². The third-order valence-electron chi connectivity index (χ3n) is 4.06. The van der Waals surface area contributed by atoms with Gasteiger partial charge in [-0.25, -0.2) is 0 Å². The first-order chi connectivity index (χ1) is 8.13.